The van der Waals surface area contributed by atoms with Crippen LogP contribution in [0.15, 0.2) is 78.2 Å². The smallest absolute Gasteiger partial charge is 0.283 e. The summed E-state index contributed by atoms with van der Waals surface area (Å²) in [6.45, 7) is 5.94. The van der Waals surface area contributed by atoms with E-state index in [1.54, 1.807) is 55.1 Å². The summed E-state index contributed by atoms with van der Waals surface area (Å²) in [7, 11) is -0.656. The first-order valence-electron chi connectivity index (χ1n) is 11.7. The third-order valence-electron chi connectivity index (χ3n) is 6.16. The Hall–Kier alpha value is -4.11. The number of aryl methyl sites for hydroxylation is 4. The van der Waals surface area contributed by atoms with Gasteiger partial charge in [0.25, 0.3) is 15.9 Å². The first-order chi connectivity index (χ1) is 17.6. The van der Waals surface area contributed by atoms with Crippen molar-refractivity contribution in [1.82, 2.24) is 9.55 Å². The van der Waals surface area contributed by atoms with E-state index in [9.17, 15) is 13.2 Å². The number of hydrogen-bond donors (Lipinski definition) is 1. The van der Waals surface area contributed by atoms with E-state index in [1.807, 2.05) is 45.0 Å². The van der Waals surface area contributed by atoms with E-state index < -0.39 is 10.0 Å². The number of nitrogens with zero attached hydrogens (tertiary/aromatic N) is 3. The first kappa shape index (κ1) is 26.0. The number of benzene rings is 3. The van der Waals surface area contributed by atoms with E-state index in [0.29, 0.717) is 22.7 Å². The third kappa shape index (κ3) is 5.67. The number of ether oxygens (including phenoxy) is 1. The average molecular weight is 519 g/mol. The quantitative estimate of drug-likeness (QED) is 0.354. The van der Waals surface area contributed by atoms with E-state index >= 15 is 0 Å². The Kier molecular flexibility index (Phi) is 7.35. The molecule has 9 heteroatoms. The minimum atomic E-state index is -3.93. The molecule has 4 aromatic rings. The lowest BCUT2D eigenvalue weighted by Gasteiger charge is -2.24. The minimum absolute atomic E-state index is 0.0312. The van der Waals surface area contributed by atoms with Crippen LogP contribution in [0.5, 0.6) is 5.75 Å². The van der Waals surface area contributed by atoms with Gasteiger partial charge in [0, 0.05) is 18.8 Å². The molecule has 4 rings (SSSR count). The molecule has 0 aliphatic carbocycles. The molecule has 0 spiro atoms. The zero-order valence-corrected chi connectivity index (χ0v) is 22.3. The van der Waals surface area contributed by atoms with Gasteiger partial charge in [-0.25, -0.2) is 4.98 Å². The summed E-state index contributed by atoms with van der Waals surface area (Å²) in [4.78, 5) is 17.0. The third-order valence-corrected chi connectivity index (χ3v) is 7.82. The van der Waals surface area contributed by atoms with Crippen LogP contribution in [0.1, 0.15) is 32.6 Å². The molecule has 0 saturated heterocycles. The lowest BCUT2D eigenvalue weighted by Crippen LogP contribution is -2.31. The van der Waals surface area contributed by atoms with Gasteiger partial charge < -0.3 is 14.6 Å². The van der Waals surface area contributed by atoms with Crippen LogP contribution in [0, 0.1) is 20.8 Å². The standard InChI is InChI=1S/C28H30N4O4S/c1-19-6-13-26(36-5)25(14-19)30-28(33)23-10-8-22(9-11-23)16-32(24-12-7-20(2)21(3)15-24)37(34,35)27-17-31(4)18-29-27/h6-15,17-18H,16H2,1-5H3,(H,30,33). The van der Waals surface area contributed by atoms with Crippen LogP contribution in [-0.4, -0.2) is 31.0 Å². The van der Waals surface area contributed by atoms with E-state index in [0.717, 1.165) is 22.3 Å². The van der Waals surface area contributed by atoms with E-state index in [-0.39, 0.29) is 17.5 Å². The maximum atomic E-state index is 13.6. The number of methoxy groups -OCH3 is 1. The fourth-order valence-electron chi connectivity index (χ4n) is 3.87. The van der Waals surface area contributed by atoms with Crippen molar-refractivity contribution in [2.45, 2.75) is 32.3 Å². The second kappa shape index (κ2) is 10.5. The highest BCUT2D eigenvalue weighted by molar-refractivity contribution is 7.92. The number of nitrogens with one attached hydrogen (secondary N) is 1. The van der Waals surface area contributed by atoms with Crippen molar-refractivity contribution < 1.29 is 17.9 Å². The maximum absolute atomic E-state index is 13.6. The van der Waals surface area contributed by atoms with Crippen molar-refractivity contribution >= 4 is 27.3 Å². The molecule has 0 aliphatic heterocycles. The molecule has 0 saturated carbocycles. The number of amides is 1. The topological polar surface area (TPSA) is 93.5 Å². The van der Waals surface area contributed by atoms with E-state index in [2.05, 4.69) is 10.3 Å². The summed E-state index contributed by atoms with van der Waals surface area (Å²) in [5, 5.41) is 2.85. The molecule has 1 N–H and O–H groups in total. The number of hydrogen-bond acceptors (Lipinski definition) is 5. The zero-order valence-electron chi connectivity index (χ0n) is 21.5. The van der Waals surface area contributed by atoms with Gasteiger partial charge in [-0.2, -0.15) is 8.42 Å². The van der Waals surface area contributed by atoms with Gasteiger partial charge in [-0.1, -0.05) is 24.3 Å². The summed E-state index contributed by atoms with van der Waals surface area (Å²) < 4.78 is 35.5. The monoisotopic (exact) mass is 518 g/mol. The molecular formula is C28H30N4O4S. The van der Waals surface area contributed by atoms with Crippen molar-refractivity contribution in [2.75, 3.05) is 16.7 Å². The molecule has 0 radical (unpaired) electrons. The van der Waals surface area contributed by atoms with Crippen molar-refractivity contribution in [2.24, 2.45) is 7.05 Å². The van der Waals surface area contributed by atoms with Crippen LogP contribution in [0.2, 0.25) is 0 Å². The number of sulfonamides is 1. The molecule has 37 heavy (non-hydrogen) atoms. The number of carbonyl (C=O) groups is 1. The van der Waals surface area contributed by atoms with Crippen molar-refractivity contribution in [3.05, 3.63) is 101 Å². The van der Waals surface area contributed by atoms with Crippen molar-refractivity contribution in [3.8, 4) is 5.75 Å². The number of aromatic nitrogens is 2. The van der Waals surface area contributed by atoms with Crippen LogP contribution < -0.4 is 14.4 Å². The zero-order chi connectivity index (χ0) is 26.7. The van der Waals surface area contributed by atoms with Gasteiger partial charge in [0.2, 0.25) is 0 Å². The molecule has 3 aromatic carbocycles. The number of carbonyl (C=O) groups excluding carboxylic acids is 1. The molecule has 192 valence electrons. The SMILES string of the molecule is COc1ccc(C)cc1NC(=O)c1ccc(CN(c2ccc(C)c(C)c2)S(=O)(=O)c2cn(C)cn2)cc1. The Morgan fingerprint density at radius 2 is 1.73 bits per heavy atom. The molecule has 1 aromatic heterocycles. The van der Waals surface area contributed by atoms with Gasteiger partial charge in [-0.3, -0.25) is 9.10 Å². The van der Waals surface area contributed by atoms with Crippen LogP contribution >= 0.6 is 0 Å². The van der Waals surface area contributed by atoms with Crippen LogP contribution in [0.4, 0.5) is 11.4 Å². The predicted octanol–water partition coefficient (Wildman–Crippen LogP) is 5.00. The fourth-order valence-corrected chi connectivity index (χ4v) is 5.29. The second-order valence-electron chi connectivity index (χ2n) is 9.01. The summed E-state index contributed by atoms with van der Waals surface area (Å²) in [5.41, 5.74) is 5.34. The van der Waals surface area contributed by atoms with E-state index in [1.165, 1.54) is 16.8 Å². The molecule has 1 amide bonds. The molecule has 0 fully saturated rings. The lowest BCUT2D eigenvalue weighted by atomic mass is 10.1. The molecule has 8 nitrogen and oxygen atoms in total. The van der Waals surface area contributed by atoms with Gasteiger partial charge >= 0.3 is 0 Å². The second-order valence-corrected chi connectivity index (χ2v) is 10.8. The van der Waals surface area contributed by atoms with Crippen LogP contribution in [0.3, 0.4) is 0 Å². The molecular weight excluding hydrogens is 488 g/mol. The van der Waals surface area contributed by atoms with Crippen molar-refractivity contribution in [1.29, 1.82) is 0 Å². The van der Waals surface area contributed by atoms with Gasteiger partial charge in [0.1, 0.15) is 5.75 Å². The van der Waals surface area contributed by atoms with E-state index in [4.69, 9.17) is 4.74 Å². The first-order valence-corrected chi connectivity index (χ1v) is 13.2. The number of rotatable bonds is 8. The summed E-state index contributed by atoms with van der Waals surface area (Å²) >= 11 is 0. The lowest BCUT2D eigenvalue weighted by molar-refractivity contribution is 0.102. The number of anilines is 2. The molecule has 0 unspecified atom stereocenters. The molecule has 1 heterocycles. The summed E-state index contributed by atoms with van der Waals surface area (Å²) in [5.74, 6) is 0.280. The Morgan fingerprint density at radius 3 is 2.35 bits per heavy atom. The predicted molar refractivity (Wildman–Crippen MR) is 145 cm³/mol. The van der Waals surface area contributed by atoms with Gasteiger partial charge in [0.05, 0.1) is 31.4 Å². The highest BCUT2D eigenvalue weighted by Crippen LogP contribution is 2.28. The van der Waals surface area contributed by atoms with Gasteiger partial charge in [-0.15, -0.1) is 0 Å². The molecule has 0 atom stereocenters. The van der Waals surface area contributed by atoms with Crippen LogP contribution in [0.25, 0.3) is 0 Å². The molecule has 0 bridgehead atoms. The largest absolute Gasteiger partial charge is 0.495 e. The Bertz CT molecular complexity index is 1540. The highest BCUT2D eigenvalue weighted by atomic mass is 32.2. The van der Waals surface area contributed by atoms with Crippen LogP contribution in [-0.2, 0) is 23.6 Å². The summed E-state index contributed by atoms with van der Waals surface area (Å²) in [6, 6.07) is 18.0. The Labute approximate surface area is 217 Å². The minimum Gasteiger partial charge on any atom is -0.495 e. The highest BCUT2D eigenvalue weighted by Gasteiger charge is 2.28. The average Bonchev–Trinajstić information content (AvgIpc) is 3.32. The van der Waals surface area contributed by atoms with Gasteiger partial charge in [0.15, 0.2) is 5.03 Å². The Morgan fingerprint density at radius 1 is 1.00 bits per heavy atom. The normalized spacial score (nSPS) is 11.3. The molecule has 0 aliphatic rings. The van der Waals surface area contributed by atoms with Gasteiger partial charge in [-0.05, 0) is 79.4 Å². The Balaban J connectivity index is 1.61. The summed E-state index contributed by atoms with van der Waals surface area (Å²) in [6.07, 6.45) is 2.94. The fraction of sp³-hybridized carbons (Fsp3) is 0.214. The maximum Gasteiger partial charge on any atom is 0.283 e. The number of imidazole rings is 1. The van der Waals surface area contributed by atoms with Crippen molar-refractivity contribution in [3.63, 3.8) is 0 Å².